The minimum atomic E-state index is -4.44. The summed E-state index contributed by atoms with van der Waals surface area (Å²) < 4.78 is 44.5. The van der Waals surface area contributed by atoms with Crippen LogP contribution in [0.1, 0.15) is 28.9 Å². The van der Waals surface area contributed by atoms with Crippen LogP contribution >= 0.6 is 23.1 Å². The zero-order valence-electron chi connectivity index (χ0n) is 15.0. The molecule has 1 aliphatic rings. The van der Waals surface area contributed by atoms with Crippen molar-refractivity contribution in [3.05, 3.63) is 40.9 Å². The van der Waals surface area contributed by atoms with Crippen LogP contribution in [0.15, 0.2) is 34.0 Å². The van der Waals surface area contributed by atoms with E-state index in [0.717, 1.165) is 12.1 Å². The predicted molar refractivity (Wildman–Crippen MR) is 101 cm³/mol. The topological polar surface area (TPSA) is 79.7 Å². The van der Waals surface area contributed by atoms with E-state index in [-0.39, 0.29) is 30.0 Å². The van der Waals surface area contributed by atoms with Crippen molar-refractivity contribution in [2.24, 2.45) is 0 Å². The van der Waals surface area contributed by atoms with Crippen LogP contribution in [0, 0.1) is 0 Å². The SMILES string of the molecule is O=C(O)c1csc(SCCN2C(=O)CC[C@@H]2COc2cccc(C(F)(F)F)c2)n1. The van der Waals surface area contributed by atoms with Gasteiger partial charge in [0.05, 0.1) is 11.6 Å². The average molecular weight is 446 g/mol. The Morgan fingerprint density at radius 2 is 2.21 bits per heavy atom. The highest BCUT2D eigenvalue weighted by molar-refractivity contribution is 8.01. The van der Waals surface area contributed by atoms with Crippen LogP contribution in [0.5, 0.6) is 5.75 Å². The van der Waals surface area contributed by atoms with Crippen molar-refractivity contribution in [1.82, 2.24) is 9.88 Å². The molecule has 1 atom stereocenters. The van der Waals surface area contributed by atoms with Crippen LogP contribution in [0.3, 0.4) is 0 Å². The lowest BCUT2D eigenvalue weighted by Gasteiger charge is -2.24. The van der Waals surface area contributed by atoms with Crippen molar-refractivity contribution in [2.45, 2.75) is 29.4 Å². The van der Waals surface area contributed by atoms with E-state index in [2.05, 4.69) is 4.98 Å². The zero-order chi connectivity index (χ0) is 21.0. The number of nitrogens with zero attached hydrogens (tertiary/aromatic N) is 2. The van der Waals surface area contributed by atoms with Crippen molar-refractivity contribution in [3.8, 4) is 5.75 Å². The van der Waals surface area contributed by atoms with Crippen molar-refractivity contribution >= 4 is 35.0 Å². The molecule has 2 aromatic rings. The summed E-state index contributed by atoms with van der Waals surface area (Å²) in [6.45, 7) is 0.528. The van der Waals surface area contributed by atoms with Gasteiger partial charge in [-0.05, 0) is 24.6 Å². The molecule has 1 fully saturated rings. The number of rotatable bonds is 8. The molecule has 0 radical (unpaired) electrons. The van der Waals surface area contributed by atoms with Crippen LogP contribution in [-0.2, 0) is 11.0 Å². The van der Waals surface area contributed by atoms with Crippen LogP contribution in [-0.4, -0.2) is 51.8 Å². The first kappa shape index (κ1) is 21.4. The molecule has 156 valence electrons. The second-order valence-electron chi connectivity index (χ2n) is 6.27. The van der Waals surface area contributed by atoms with Crippen molar-refractivity contribution in [1.29, 1.82) is 0 Å². The van der Waals surface area contributed by atoms with Crippen LogP contribution < -0.4 is 4.74 Å². The fourth-order valence-electron chi connectivity index (χ4n) is 2.88. The fourth-order valence-corrected chi connectivity index (χ4v) is 4.69. The molecule has 0 aliphatic carbocycles. The Morgan fingerprint density at radius 3 is 2.90 bits per heavy atom. The molecule has 3 rings (SSSR count). The van der Waals surface area contributed by atoms with E-state index in [0.29, 0.717) is 29.5 Å². The molecule has 1 amide bonds. The number of hydrogen-bond donors (Lipinski definition) is 1. The zero-order valence-corrected chi connectivity index (χ0v) is 16.6. The van der Waals surface area contributed by atoms with Crippen molar-refractivity contribution in [2.75, 3.05) is 18.9 Å². The highest BCUT2D eigenvalue weighted by Crippen LogP contribution is 2.31. The molecular formula is C18H17F3N2O4S2. The van der Waals surface area contributed by atoms with Crippen LogP contribution in [0.2, 0.25) is 0 Å². The third kappa shape index (κ3) is 5.63. The molecule has 29 heavy (non-hydrogen) atoms. The maximum absolute atomic E-state index is 12.8. The number of carbonyl (C=O) groups is 2. The molecule has 11 heteroatoms. The van der Waals surface area contributed by atoms with E-state index in [1.807, 2.05) is 0 Å². The Balaban J connectivity index is 1.53. The summed E-state index contributed by atoms with van der Waals surface area (Å²) in [4.78, 5) is 28.6. The minimum Gasteiger partial charge on any atom is -0.491 e. The molecule has 1 aromatic heterocycles. The van der Waals surface area contributed by atoms with Gasteiger partial charge in [-0.1, -0.05) is 17.8 Å². The Morgan fingerprint density at radius 1 is 1.41 bits per heavy atom. The number of likely N-dealkylation sites (tertiary alicyclic amines) is 1. The second-order valence-corrected chi connectivity index (χ2v) is 8.47. The number of ether oxygens (including phenoxy) is 1. The van der Waals surface area contributed by atoms with Gasteiger partial charge in [0.1, 0.15) is 12.4 Å². The van der Waals surface area contributed by atoms with E-state index in [9.17, 15) is 22.8 Å². The number of carbonyl (C=O) groups excluding carboxylic acids is 1. The van der Waals surface area contributed by atoms with Crippen LogP contribution in [0.4, 0.5) is 13.2 Å². The summed E-state index contributed by atoms with van der Waals surface area (Å²) >= 11 is 2.58. The summed E-state index contributed by atoms with van der Waals surface area (Å²) in [7, 11) is 0. The van der Waals surface area contributed by atoms with Crippen LogP contribution in [0.25, 0.3) is 0 Å². The summed E-state index contributed by atoms with van der Waals surface area (Å²) in [5, 5.41) is 10.3. The highest BCUT2D eigenvalue weighted by Gasteiger charge is 2.32. The molecule has 1 aromatic carbocycles. The monoisotopic (exact) mass is 446 g/mol. The summed E-state index contributed by atoms with van der Waals surface area (Å²) in [5.41, 5.74) is -0.794. The maximum Gasteiger partial charge on any atom is 0.416 e. The van der Waals surface area contributed by atoms with Gasteiger partial charge in [-0.25, -0.2) is 9.78 Å². The molecule has 1 saturated heterocycles. The van der Waals surface area contributed by atoms with Gasteiger partial charge in [-0.2, -0.15) is 13.2 Å². The van der Waals surface area contributed by atoms with E-state index < -0.39 is 17.7 Å². The lowest BCUT2D eigenvalue weighted by atomic mass is 10.2. The number of thiazole rings is 1. The molecular weight excluding hydrogens is 429 g/mol. The van der Waals surface area contributed by atoms with Gasteiger partial charge in [0, 0.05) is 24.1 Å². The molecule has 1 aliphatic heterocycles. The largest absolute Gasteiger partial charge is 0.491 e. The van der Waals surface area contributed by atoms with Gasteiger partial charge >= 0.3 is 12.1 Å². The quantitative estimate of drug-likeness (QED) is 0.617. The fraction of sp³-hybridized carbons (Fsp3) is 0.389. The highest BCUT2D eigenvalue weighted by atomic mass is 32.2. The number of hydrogen-bond acceptors (Lipinski definition) is 6. The number of alkyl halides is 3. The van der Waals surface area contributed by atoms with Gasteiger partial charge < -0.3 is 14.7 Å². The van der Waals surface area contributed by atoms with Gasteiger partial charge in [0.25, 0.3) is 0 Å². The van der Waals surface area contributed by atoms with Crippen molar-refractivity contribution < 1.29 is 32.6 Å². The Hall–Kier alpha value is -2.27. The smallest absolute Gasteiger partial charge is 0.416 e. The first-order valence-corrected chi connectivity index (χ1v) is 10.5. The number of aromatic nitrogens is 1. The Bertz CT molecular complexity index is 888. The Labute approximate surface area is 172 Å². The van der Waals surface area contributed by atoms with Gasteiger partial charge in [0.15, 0.2) is 10.0 Å². The number of amides is 1. The number of aromatic carboxylic acids is 1. The number of benzene rings is 1. The summed E-state index contributed by atoms with van der Waals surface area (Å²) in [6, 6.07) is 4.44. The summed E-state index contributed by atoms with van der Waals surface area (Å²) in [6.07, 6.45) is -3.51. The summed E-state index contributed by atoms with van der Waals surface area (Å²) in [5.74, 6) is -0.487. The molecule has 2 heterocycles. The van der Waals surface area contributed by atoms with Gasteiger partial charge in [-0.3, -0.25) is 4.79 Å². The number of carboxylic acid groups (broad SMARTS) is 1. The van der Waals surface area contributed by atoms with Crippen molar-refractivity contribution in [3.63, 3.8) is 0 Å². The van der Waals surface area contributed by atoms with Gasteiger partial charge in [-0.15, -0.1) is 11.3 Å². The molecule has 0 spiro atoms. The lowest BCUT2D eigenvalue weighted by Crippen LogP contribution is -2.38. The third-order valence-corrected chi connectivity index (χ3v) is 6.32. The molecule has 0 bridgehead atoms. The maximum atomic E-state index is 12.8. The standard InChI is InChI=1S/C18H17F3N2O4S2/c19-18(20,21)11-2-1-3-13(8-11)27-9-12-4-5-15(24)23(12)6-7-28-17-22-14(10-29-17)16(25)26/h1-3,8,10,12H,4-7,9H2,(H,25,26)/t12-/m1/s1. The van der Waals surface area contributed by atoms with E-state index in [1.54, 1.807) is 4.90 Å². The molecule has 0 saturated carbocycles. The molecule has 6 nitrogen and oxygen atoms in total. The van der Waals surface area contributed by atoms with E-state index in [4.69, 9.17) is 9.84 Å². The molecule has 0 unspecified atom stereocenters. The van der Waals surface area contributed by atoms with E-state index >= 15 is 0 Å². The average Bonchev–Trinajstić information content (AvgIpc) is 3.27. The third-order valence-electron chi connectivity index (χ3n) is 4.32. The first-order chi connectivity index (χ1) is 13.7. The Kier molecular flexibility index (Phi) is 6.68. The number of carboxylic acids is 1. The van der Waals surface area contributed by atoms with E-state index in [1.165, 1.54) is 40.6 Å². The second kappa shape index (κ2) is 9.04. The van der Waals surface area contributed by atoms with Gasteiger partial charge in [0.2, 0.25) is 5.91 Å². The first-order valence-electron chi connectivity index (χ1n) is 8.65. The number of halogens is 3. The number of thioether (sulfide) groups is 1. The molecule has 1 N–H and O–H groups in total. The predicted octanol–water partition coefficient (Wildman–Crippen LogP) is 4.02. The normalized spacial score (nSPS) is 17.0. The lowest BCUT2D eigenvalue weighted by molar-refractivity contribution is -0.137. The minimum absolute atomic E-state index is 0.0119.